The standard InChI is InChI=1S/C13H22N4/c1-2-16-6-8-17(9-7-16)13(10-14)12-4-3-5-15-11-12/h3-5,11,13H,2,6-10,14H2,1H3. The van der Waals surface area contributed by atoms with Crippen molar-refractivity contribution in [3.05, 3.63) is 30.1 Å². The fourth-order valence-corrected chi connectivity index (χ4v) is 2.46. The van der Waals surface area contributed by atoms with Gasteiger partial charge in [0.2, 0.25) is 0 Å². The van der Waals surface area contributed by atoms with Gasteiger partial charge in [0, 0.05) is 51.2 Å². The summed E-state index contributed by atoms with van der Waals surface area (Å²) in [5.74, 6) is 0. The molecule has 1 aromatic rings. The third kappa shape index (κ3) is 3.03. The van der Waals surface area contributed by atoms with Gasteiger partial charge in [-0.05, 0) is 18.2 Å². The Morgan fingerprint density at radius 3 is 2.65 bits per heavy atom. The Bertz CT molecular complexity index is 319. The molecule has 4 heteroatoms. The third-order valence-electron chi connectivity index (χ3n) is 3.59. The zero-order valence-corrected chi connectivity index (χ0v) is 10.5. The first kappa shape index (κ1) is 12.5. The van der Waals surface area contributed by atoms with Gasteiger partial charge in [0.25, 0.3) is 0 Å². The van der Waals surface area contributed by atoms with Gasteiger partial charge >= 0.3 is 0 Å². The Morgan fingerprint density at radius 1 is 1.35 bits per heavy atom. The second-order valence-electron chi connectivity index (χ2n) is 4.51. The van der Waals surface area contributed by atoms with Crippen molar-refractivity contribution in [3.63, 3.8) is 0 Å². The molecule has 1 aliphatic heterocycles. The van der Waals surface area contributed by atoms with Crippen molar-refractivity contribution in [3.8, 4) is 0 Å². The van der Waals surface area contributed by atoms with Gasteiger partial charge in [-0.25, -0.2) is 0 Å². The molecule has 0 saturated carbocycles. The van der Waals surface area contributed by atoms with Crippen LogP contribution in [0.15, 0.2) is 24.5 Å². The topological polar surface area (TPSA) is 45.4 Å². The summed E-state index contributed by atoms with van der Waals surface area (Å²) in [7, 11) is 0. The highest BCUT2D eigenvalue weighted by atomic mass is 15.3. The van der Waals surface area contributed by atoms with Gasteiger partial charge in [0.05, 0.1) is 0 Å². The molecule has 0 bridgehead atoms. The highest BCUT2D eigenvalue weighted by molar-refractivity contribution is 5.14. The lowest BCUT2D eigenvalue weighted by Gasteiger charge is -2.38. The summed E-state index contributed by atoms with van der Waals surface area (Å²) >= 11 is 0. The summed E-state index contributed by atoms with van der Waals surface area (Å²) in [6.45, 7) is 8.53. The van der Waals surface area contributed by atoms with Crippen LogP contribution in [0.25, 0.3) is 0 Å². The van der Waals surface area contributed by atoms with E-state index in [-0.39, 0.29) is 0 Å². The van der Waals surface area contributed by atoms with Crippen LogP contribution < -0.4 is 5.73 Å². The van der Waals surface area contributed by atoms with Crippen LogP contribution in [0.5, 0.6) is 0 Å². The largest absolute Gasteiger partial charge is 0.329 e. The summed E-state index contributed by atoms with van der Waals surface area (Å²) in [6.07, 6.45) is 3.75. The molecule has 0 radical (unpaired) electrons. The first-order chi connectivity index (χ1) is 8.35. The van der Waals surface area contributed by atoms with E-state index < -0.39 is 0 Å². The fourth-order valence-electron chi connectivity index (χ4n) is 2.46. The van der Waals surface area contributed by atoms with Crippen LogP contribution >= 0.6 is 0 Å². The van der Waals surface area contributed by atoms with E-state index in [1.807, 2.05) is 18.5 Å². The molecular formula is C13H22N4. The van der Waals surface area contributed by atoms with Crippen LogP contribution in [0.1, 0.15) is 18.5 Å². The van der Waals surface area contributed by atoms with Crippen LogP contribution in [0.4, 0.5) is 0 Å². The van der Waals surface area contributed by atoms with Crippen molar-refractivity contribution in [1.82, 2.24) is 14.8 Å². The van der Waals surface area contributed by atoms with Crippen molar-refractivity contribution in [1.29, 1.82) is 0 Å². The van der Waals surface area contributed by atoms with E-state index in [1.54, 1.807) is 0 Å². The normalized spacial score (nSPS) is 20.4. The Kier molecular flexibility index (Phi) is 4.48. The van der Waals surface area contributed by atoms with Gasteiger partial charge in [-0.15, -0.1) is 0 Å². The number of rotatable bonds is 4. The van der Waals surface area contributed by atoms with E-state index in [0.29, 0.717) is 12.6 Å². The van der Waals surface area contributed by atoms with Crippen molar-refractivity contribution in [2.24, 2.45) is 5.73 Å². The maximum atomic E-state index is 5.92. The van der Waals surface area contributed by atoms with Crippen LogP contribution in [0.3, 0.4) is 0 Å². The average molecular weight is 234 g/mol. The van der Waals surface area contributed by atoms with E-state index in [9.17, 15) is 0 Å². The molecule has 1 aliphatic rings. The number of nitrogens with zero attached hydrogens (tertiary/aromatic N) is 3. The van der Waals surface area contributed by atoms with E-state index in [1.165, 1.54) is 5.56 Å². The number of hydrogen-bond donors (Lipinski definition) is 1. The predicted molar refractivity (Wildman–Crippen MR) is 69.7 cm³/mol. The van der Waals surface area contributed by atoms with Gasteiger partial charge in [0.15, 0.2) is 0 Å². The Morgan fingerprint density at radius 2 is 2.12 bits per heavy atom. The molecule has 1 fully saturated rings. The minimum Gasteiger partial charge on any atom is -0.329 e. The second-order valence-corrected chi connectivity index (χ2v) is 4.51. The lowest BCUT2D eigenvalue weighted by atomic mass is 10.1. The zero-order chi connectivity index (χ0) is 12.1. The van der Waals surface area contributed by atoms with E-state index in [4.69, 9.17) is 5.73 Å². The first-order valence-electron chi connectivity index (χ1n) is 6.41. The molecular weight excluding hydrogens is 212 g/mol. The Hall–Kier alpha value is -0.970. The van der Waals surface area contributed by atoms with Crippen molar-refractivity contribution < 1.29 is 0 Å². The molecule has 0 aromatic carbocycles. The molecule has 1 atom stereocenters. The van der Waals surface area contributed by atoms with Gasteiger partial charge in [0.1, 0.15) is 0 Å². The summed E-state index contributed by atoms with van der Waals surface area (Å²) in [6, 6.07) is 4.43. The van der Waals surface area contributed by atoms with Crippen LogP contribution in [-0.4, -0.2) is 54.1 Å². The number of hydrogen-bond acceptors (Lipinski definition) is 4. The minimum atomic E-state index is 0.322. The SMILES string of the molecule is CCN1CCN(C(CN)c2cccnc2)CC1. The summed E-state index contributed by atoms with van der Waals surface area (Å²) in [5.41, 5.74) is 7.16. The first-order valence-corrected chi connectivity index (χ1v) is 6.41. The monoisotopic (exact) mass is 234 g/mol. The molecule has 17 heavy (non-hydrogen) atoms. The van der Waals surface area contributed by atoms with E-state index >= 15 is 0 Å². The molecule has 4 nitrogen and oxygen atoms in total. The van der Waals surface area contributed by atoms with Crippen LogP contribution in [0, 0.1) is 0 Å². The van der Waals surface area contributed by atoms with Crippen LogP contribution in [0.2, 0.25) is 0 Å². The van der Waals surface area contributed by atoms with E-state index in [0.717, 1.165) is 32.7 Å². The minimum absolute atomic E-state index is 0.322. The summed E-state index contributed by atoms with van der Waals surface area (Å²) in [5, 5.41) is 0. The maximum absolute atomic E-state index is 5.92. The number of piperazine rings is 1. The Balaban J connectivity index is 2.00. The smallest absolute Gasteiger partial charge is 0.0486 e. The highest BCUT2D eigenvalue weighted by Crippen LogP contribution is 2.20. The van der Waals surface area contributed by atoms with E-state index in [2.05, 4.69) is 27.8 Å². The molecule has 2 heterocycles. The molecule has 1 aromatic heterocycles. The number of pyridine rings is 1. The summed E-state index contributed by atoms with van der Waals surface area (Å²) in [4.78, 5) is 9.14. The van der Waals surface area contributed by atoms with Gasteiger partial charge in [-0.1, -0.05) is 13.0 Å². The average Bonchev–Trinajstić information content (AvgIpc) is 2.42. The third-order valence-corrected chi connectivity index (χ3v) is 3.59. The van der Waals surface area contributed by atoms with Crippen molar-refractivity contribution in [2.75, 3.05) is 39.3 Å². The quantitative estimate of drug-likeness (QED) is 0.834. The maximum Gasteiger partial charge on any atom is 0.0486 e. The molecule has 0 amide bonds. The Labute approximate surface area is 103 Å². The number of likely N-dealkylation sites (N-methyl/N-ethyl adjacent to an activating group) is 1. The molecule has 1 saturated heterocycles. The van der Waals surface area contributed by atoms with Gasteiger partial charge in [-0.2, -0.15) is 0 Å². The zero-order valence-electron chi connectivity index (χ0n) is 10.5. The molecule has 0 aliphatic carbocycles. The molecule has 94 valence electrons. The fraction of sp³-hybridized carbons (Fsp3) is 0.615. The van der Waals surface area contributed by atoms with Crippen molar-refractivity contribution >= 4 is 0 Å². The predicted octanol–water partition coefficient (Wildman–Crippen LogP) is 0.719. The molecule has 2 rings (SSSR count). The molecule has 0 spiro atoms. The number of aromatic nitrogens is 1. The second kappa shape index (κ2) is 6.10. The van der Waals surface area contributed by atoms with Crippen molar-refractivity contribution in [2.45, 2.75) is 13.0 Å². The lowest BCUT2D eigenvalue weighted by Crippen LogP contribution is -2.48. The van der Waals surface area contributed by atoms with Gasteiger partial charge in [-0.3, -0.25) is 9.88 Å². The lowest BCUT2D eigenvalue weighted by molar-refractivity contribution is 0.102. The van der Waals surface area contributed by atoms with Gasteiger partial charge < -0.3 is 10.6 Å². The molecule has 2 N–H and O–H groups in total. The summed E-state index contributed by atoms with van der Waals surface area (Å²) < 4.78 is 0. The van der Waals surface area contributed by atoms with Crippen LogP contribution in [-0.2, 0) is 0 Å². The highest BCUT2D eigenvalue weighted by Gasteiger charge is 2.23. The molecule has 1 unspecified atom stereocenters. The number of nitrogens with two attached hydrogens (primary N) is 1.